The van der Waals surface area contributed by atoms with E-state index in [9.17, 15) is 12.8 Å². The number of hydrogen-bond acceptors (Lipinski definition) is 8. The van der Waals surface area contributed by atoms with Crippen LogP contribution in [-0.4, -0.2) is 40.6 Å². The number of hydrogen-bond donors (Lipinski definition) is 2. The molecule has 0 saturated heterocycles. The summed E-state index contributed by atoms with van der Waals surface area (Å²) in [6.45, 7) is 0.389. The topological polar surface area (TPSA) is 123 Å². The lowest BCUT2D eigenvalue weighted by Gasteiger charge is -2.07. The molecular weight excluding hydrogens is 409 g/mol. The Morgan fingerprint density at radius 2 is 1.70 bits per heavy atom. The first-order chi connectivity index (χ1) is 14.4. The molecule has 0 atom stereocenters. The molecule has 0 aliphatic carbocycles. The van der Waals surface area contributed by atoms with Crippen molar-refractivity contribution in [1.29, 1.82) is 0 Å². The fraction of sp³-hybridized carbons (Fsp3) is 0.105. The molecule has 0 bridgehead atoms. The van der Waals surface area contributed by atoms with Crippen LogP contribution in [0.3, 0.4) is 0 Å². The van der Waals surface area contributed by atoms with Gasteiger partial charge in [0.05, 0.1) is 11.1 Å². The lowest BCUT2D eigenvalue weighted by Crippen LogP contribution is -2.18. The zero-order chi connectivity index (χ0) is 21.1. The van der Waals surface area contributed by atoms with Crippen molar-refractivity contribution < 1.29 is 12.8 Å². The molecule has 30 heavy (non-hydrogen) atoms. The summed E-state index contributed by atoms with van der Waals surface area (Å²) in [7, 11) is -2.10. The molecule has 152 valence electrons. The number of nitrogens with one attached hydrogen (secondary N) is 2. The van der Waals surface area contributed by atoms with Gasteiger partial charge in [-0.3, -0.25) is 0 Å². The standard InChI is InChI=1S/C19H16FN7O2S/c1-21-30(28,29)15-8-2-12(3-9-15)10-22-19-23-11-16-18(25-19)27-26-17(24-16)13-4-6-14(20)7-5-13/h2-9,11,21H,10H2,1H3,(H,22,23,25,27). The molecule has 0 amide bonds. The average Bonchev–Trinajstić information content (AvgIpc) is 2.78. The summed E-state index contributed by atoms with van der Waals surface area (Å²) < 4.78 is 38.9. The van der Waals surface area contributed by atoms with Gasteiger partial charge >= 0.3 is 0 Å². The van der Waals surface area contributed by atoms with Gasteiger partial charge in [0.2, 0.25) is 21.6 Å². The van der Waals surface area contributed by atoms with Crippen molar-refractivity contribution in [3.8, 4) is 11.4 Å². The van der Waals surface area contributed by atoms with Crippen molar-refractivity contribution in [2.24, 2.45) is 0 Å². The average molecular weight is 425 g/mol. The van der Waals surface area contributed by atoms with Crippen LogP contribution >= 0.6 is 0 Å². The Kier molecular flexibility index (Phi) is 5.29. The molecule has 0 aliphatic heterocycles. The van der Waals surface area contributed by atoms with Crippen LogP contribution in [0.1, 0.15) is 5.56 Å². The Balaban J connectivity index is 1.49. The summed E-state index contributed by atoms with van der Waals surface area (Å²) in [6.07, 6.45) is 1.52. The largest absolute Gasteiger partial charge is 0.350 e. The third-order valence-corrected chi connectivity index (χ3v) is 5.70. The third-order valence-electron chi connectivity index (χ3n) is 4.27. The minimum absolute atomic E-state index is 0.189. The molecule has 11 heteroatoms. The molecular formula is C19H16FN7O2S. The number of aromatic nitrogens is 5. The molecule has 2 aromatic carbocycles. The summed E-state index contributed by atoms with van der Waals surface area (Å²) in [6, 6.07) is 12.3. The van der Waals surface area contributed by atoms with Crippen LogP contribution < -0.4 is 10.0 Å². The third kappa shape index (κ3) is 4.21. The highest BCUT2D eigenvalue weighted by Crippen LogP contribution is 2.17. The zero-order valence-electron chi connectivity index (χ0n) is 15.7. The van der Waals surface area contributed by atoms with Crippen LogP contribution in [0.15, 0.2) is 59.6 Å². The fourth-order valence-electron chi connectivity index (χ4n) is 2.64. The SMILES string of the molecule is CNS(=O)(=O)c1ccc(CNc2ncc3nc(-c4ccc(F)cc4)nnc3n2)cc1. The van der Waals surface area contributed by atoms with E-state index in [1.807, 2.05) is 0 Å². The predicted molar refractivity (Wildman–Crippen MR) is 108 cm³/mol. The molecule has 0 radical (unpaired) electrons. The number of rotatable bonds is 6. The molecule has 2 heterocycles. The Morgan fingerprint density at radius 3 is 2.40 bits per heavy atom. The van der Waals surface area contributed by atoms with Gasteiger partial charge in [-0.25, -0.2) is 27.5 Å². The molecule has 0 unspecified atom stereocenters. The van der Waals surface area contributed by atoms with Crippen molar-refractivity contribution >= 4 is 27.1 Å². The molecule has 4 rings (SSSR count). The van der Waals surface area contributed by atoms with Crippen LogP contribution in [0.25, 0.3) is 22.6 Å². The van der Waals surface area contributed by atoms with Crippen LogP contribution in [0.2, 0.25) is 0 Å². The van der Waals surface area contributed by atoms with E-state index >= 15 is 0 Å². The molecule has 0 fully saturated rings. The number of nitrogens with zero attached hydrogens (tertiary/aromatic N) is 5. The summed E-state index contributed by atoms with van der Waals surface area (Å²) in [5, 5.41) is 11.2. The maximum atomic E-state index is 13.1. The maximum Gasteiger partial charge on any atom is 0.240 e. The highest BCUT2D eigenvalue weighted by atomic mass is 32.2. The Labute approximate surface area is 171 Å². The zero-order valence-corrected chi connectivity index (χ0v) is 16.6. The number of halogens is 1. The van der Waals surface area contributed by atoms with Gasteiger partial charge in [0.15, 0.2) is 5.82 Å². The van der Waals surface area contributed by atoms with Gasteiger partial charge in [0, 0.05) is 12.1 Å². The summed E-state index contributed by atoms with van der Waals surface area (Å²) in [4.78, 5) is 13.1. The summed E-state index contributed by atoms with van der Waals surface area (Å²) in [5.41, 5.74) is 2.26. The Bertz CT molecular complexity index is 1300. The molecule has 2 aromatic heterocycles. The number of fused-ring (bicyclic) bond motifs is 1. The molecule has 0 aliphatic rings. The van der Waals surface area contributed by atoms with Crippen molar-refractivity contribution in [1.82, 2.24) is 29.9 Å². The van der Waals surface area contributed by atoms with E-state index in [1.165, 1.54) is 37.5 Å². The summed E-state index contributed by atoms with van der Waals surface area (Å²) >= 11 is 0. The maximum absolute atomic E-state index is 13.1. The van der Waals surface area contributed by atoms with Crippen LogP contribution in [0, 0.1) is 5.82 Å². The van der Waals surface area contributed by atoms with Crippen LogP contribution in [0.5, 0.6) is 0 Å². The smallest absolute Gasteiger partial charge is 0.240 e. The first-order valence-corrected chi connectivity index (χ1v) is 10.3. The van der Waals surface area contributed by atoms with Crippen molar-refractivity contribution in [3.63, 3.8) is 0 Å². The minimum atomic E-state index is -3.47. The van der Waals surface area contributed by atoms with Gasteiger partial charge in [-0.15, -0.1) is 10.2 Å². The second-order valence-corrected chi connectivity index (χ2v) is 8.14. The molecule has 4 aromatic rings. The van der Waals surface area contributed by atoms with Gasteiger partial charge in [-0.05, 0) is 49.0 Å². The van der Waals surface area contributed by atoms with Crippen molar-refractivity contribution in [2.75, 3.05) is 12.4 Å². The highest BCUT2D eigenvalue weighted by molar-refractivity contribution is 7.89. The fourth-order valence-corrected chi connectivity index (χ4v) is 3.37. The van der Waals surface area contributed by atoms with Gasteiger partial charge in [0.25, 0.3) is 0 Å². The quantitative estimate of drug-likeness (QED) is 0.482. The minimum Gasteiger partial charge on any atom is -0.350 e. The van der Waals surface area contributed by atoms with E-state index in [0.717, 1.165) is 5.56 Å². The lowest BCUT2D eigenvalue weighted by molar-refractivity contribution is 0.588. The van der Waals surface area contributed by atoms with Crippen molar-refractivity contribution in [2.45, 2.75) is 11.4 Å². The van der Waals surface area contributed by atoms with Gasteiger partial charge in [-0.1, -0.05) is 12.1 Å². The lowest BCUT2D eigenvalue weighted by atomic mass is 10.2. The van der Waals surface area contributed by atoms with E-state index in [1.54, 1.807) is 24.3 Å². The van der Waals surface area contributed by atoms with E-state index in [4.69, 9.17) is 0 Å². The van der Waals surface area contributed by atoms with Crippen molar-refractivity contribution in [3.05, 3.63) is 66.1 Å². The predicted octanol–water partition coefficient (Wildman–Crippen LogP) is 2.14. The van der Waals surface area contributed by atoms with Gasteiger partial charge in [-0.2, -0.15) is 4.98 Å². The normalized spacial score (nSPS) is 11.5. The number of anilines is 1. The first-order valence-electron chi connectivity index (χ1n) is 8.84. The van der Waals surface area contributed by atoms with E-state index in [0.29, 0.717) is 35.0 Å². The Hall–Kier alpha value is -3.57. The van der Waals surface area contributed by atoms with Gasteiger partial charge in [0.1, 0.15) is 11.3 Å². The van der Waals surface area contributed by atoms with Crippen LogP contribution in [-0.2, 0) is 16.6 Å². The number of benzene rings is 2. The number of sulfonamides is 1. The highest BCUT2D eigenvalue weighted by Gasteiger charge is 2.11. The van der Waals surface area contributed by atoms with E-state index in [-0.39, 0.29) is 10.7 Å². The van der Waals surface area contributed by atoms with Gasteiger partial charge < -0.3 is 5.32 Å². The second kappa shape index (κ2) is 8.05. The first kappa shape index (κ1) is 19.7. The molecule has 0 saturated carbocycles. The molecule has 2 N–H and O–H groups in total. The monoisotopic (exact) mass is 425 g/mol. The van der Waals surface area contributed by atoms with Crippen LogP contribution in [0.4, 0.5) is 10.3 Å². The Morgan fingerprint density at radius 1 is 0.967 bits per heavy atom. The molecule has 9 nitrogen and oxygen atoms in total. The summed E-state index contributed by atoms with van der Waals surface area (Å²) in [5.74, 6) is 0.341. The van der Waals surface area contributed by atoms with E-state index in [2.05, 4.69) is 35.2 Å². The second-order valence-electron chi connectivity index (χ2n) is 6.25. The van der Waals surface area contributed by atoms with E-state index < -0.39 is 10.0 Å². The molecule has 0 spiro atoms.